The van der Waals surface area contributed by atoms with Gasteiger partial charge in [0.15, 0.2) is 15.1 Å². The highest BCUT2D eigenvalue weighted by Gasteiger charge is 2.32. The van der Waals surface area contributed by atoms with Crippen LogP contribution in [0, 0.1) is 6.92 Å². The van der Waals surface area contributed by atoms with Crippen LogP contribution in [0.25, 0.3) is 6.08 Å². The Morgan fingerprint density at radius 3 is 2.51 bits per heavy atom. The van der Waals surface area contributed by atoms with Crippen LogP contribution in [-0.4, -0.2) is 20.4 Å². The van der Waals surface area contributed by atoms with E-state index in [2.05, 4.69) is 20.3 Å². The van der Waals surface area contributed by atoms with E-state index in [9.17, 15) is 14.4 Å². The van der Waals surface area contributed by atoms with Crippen LogP contribution in [0.1, 0.15) is 30.0 Å². The Balaban J connectivity index is 1.39. The molecule has 9 nitrogen and oxygen atoms in total. The van der Waals surface area contributed by atoms with Gasteiger partial charge in [0, 0.05) is 23.5 Å². The number of aromatic amines is 1. The Morgan fingerprint density at radius 2 is 1.78 bits per heavy atom. The third kappa shape index (κ3) is 5.49. The van der Waals surface area contributed by atoms with Crippen molar-refractivity contribution in [2.45, 2.75) is 30.1 Å². The number of carbonyl (C=O) groups excluding carboxylic acids is 1. The lowest BCUT2D eigenvalue weighted by Gasteiger charge is -2.25. The van der Waals surface area contributed by atoms with Gasteiger partial charge < -0.3 is 14.7 Å². The molecule has 0 saturated heterocycles. The minimum absolute atomic E-state index is 0.243. The van der Waals surface area contributed by atoms with Crippen LogP contribution in [0.2, 0.25) is 0 Å². The largest absolute Gasteiger partial charge is 0.450 e. The van der Waals surface area contributed by atoms with Gasteiger partial charge in [0.1, 0.15) is 5.76 Å². The van der Waals surface area contributed by atoms with Gasteiger partial charge in [-0.2, -0.15) is 0 Å². The van der Waals surface area contributed by atoms with Crippen molar-refractivity contribution in [3.8, 4) is 0 Å². The summed E-state index contributed by atoms with van der Waals surface area (Å²) < 4.78 is 7.90. The van der Waals surface area contributed by atoms with E-state index in [0.29, 0.717) is 48.0 Å². The normalized spacial score (nSPS) is 15.0. The van der Waals surface area contributed by atoms with Crippen LogP contribution < -0.4 is 25.8 Å². The molecule has 0 bridgehead atoms. The number of nitrogens with zero attached hydrogens (tertiary/aromatic N) is 3. The predicted molar refractivity (Wildman–Crippen MR) is 158 cm³/mol. The Bertz CT molecular complexity index is 2040. The molecule has 1 atom stereocenters. The smallest absolute Gasteiger partial charge is 0.271 e. The standard InChI is InChI=1S/C30H23N5O4S2/c1-17-15-23(36)34-29(31-17)41-24-14-13-21(39-24)16-22-28(38)35-26(19-9-5-3-6-10-19)25(18(2)32-30(35)40-22)27(37)33-20-11-7-4-8-12-20/h3-16,26H,1-2H3,(H,33,37)(H,31,34,36)/b22-16+/t26-/m1/s1. The summed E-state index contributed by atoms with van der Waals surface area (Å²) in [5.74, 6) is 0.137. The SMILES string of the molecule is CC1=C(C(=O)Nc2ccccc2)[C@@H](c2ccccc2)n2c(s/c(=C/c3ccc(Sc4nc(C)cc(=O)[nH]4)o3)c2=O)=N1. The van der Waals surface area contributed by atoms with Crippen LogP contribution in [0.15, 0.2) is 119 Å². The highest BCUT2D eigenvalue weighted by Crippen LogP contribution is 2.31. The van der Waals surface area contributed by atoms with Gasteiger partial charge >= 0.3 is 0 Å². The second-order valence-corrected chi connectivity index (χ2v) is 11.3. The molecule has 41 heavy (non-hydrogen) atoms. The van der Waals surface area contributed by atoms with E-state index in [1.807, 2.05) is 60.7 Å². The lowest BCUT2D eigenvalue weighted by Crippen LogP contribution is -2.40. The topological polar surface area (TPSA) is 122 Å². The van der Waals surface area contributed by atoms with Crippen molar-refractivity contribution < 1.29 is 9.21 Å². The third-order valence-electron chi connectivity index (χ3n) is 6.33. The molecular weight excluding hydrogens is 558 g/mol. The first kappa shape index (κ1) is 26.5. The van der Waals surface area contributed by atoms with E-state index < -0.39 is 6.04 Å². The van der Waals surface area contributed by atoms with Gasteiger partial charge in [0.05, 0.1) is 21.8 Å². The number of nitrogens with one attached hydrogen (secondary N) is 2. The number of hydrogen-bond donors (Lipinski definition) is 2. The van der Waals surface area contributed by atoms with Crippen molar-refractivity contribution >= 4 is 40.8 Å². The molecule has 0 unspecified atom stereocenters. The van der Waals surface area contributed by atoms with Crippen LogP contribution >= 0.6 is 23.1 Å². The highest BCUT2D eigenvalue weighted by molar-refractivity contribution is 7.99. The number of carbonyl (C=O) groups is 1. The molecule has 1 amide bonds. The fraction of sp³-hybridized carbons (Fsp3) is 0.100. The Labute approximate surface area is 241 Å². The second-order valence-electron chi connectivity index (χ2n) is 9.26. The zero-order chi connectivity index (χ0) is 28.5. The predicted octanol–water partition coefficient (Wildman–Crippen LogP) is 4.01. The summed E-state index contributed by atoms with van der Waals surface area (Å²) in [4.78, 5) is 51.3. The lowest BCUT2D eigenvalue weighted by molar-refractivity contribution is -0.113. The van der Waals surface area contributed by atoms with Crippen LogP contribution in [0.3, 0.4) is 0 Å². The van der Waals surface area contributed by atoms with Gasteiger partial charge in [-0.05, 0) is 55.4 Å². The summed E-state index contributed by atoms with van der Waals surface area (Å²) in [6.45, 7) is 3.53. The number of anilines is 1. The lowest BCUT2D eigenvalue weighted by atomic mass is 9.95. The molecule has 0 fully saturated rings. The number of hydrogen-bond acceptors (Lipinski definition) is 8. The van der Waals surface area contributed by atoms with E-state index in [1.54, 1.807) is 36.6 Å². The summed E-state index contributed by atoms with van der Waals surface area (Å²) in [5, 5.41) is 3.87. The molecule has 4 heterocycles. The van der Waals surface area contributed by atoms with Gasteiger partial charge in [0.25, 0.3) is 17.0 Å². The molecule has 1 aliphatic rings. The summed E-state index contributed by atoms with van der Waals surface area (Å²) in [6, 6.07) is 22.9. The monoisotopic (exact) mass is 581 g/mol. The number of thiazole rings is 1. The molecule has 11 heteroatoms. The molecule has 0 aliphatic carbocycles. The number of furan rings is 1. The van der Waals surface area contributed by atoms with Gasteiger partial charge in [0.2, 0.25) is 0 Å². The third-order valence-corrected chi connectivity index (χ3v) is 8.12. The summed E-state index contributed by atoms with van der Waals surface area (Å²) in [7, 11) is 0. The van der Waals surface area contributed by atoms with Crippen LogP contribution in [0.4, 0.5) is 5.69 Å². The van der Waals surface area contributed by atoms with Crippen LogP contribution in [-0.2, 0) is 4.79 Å². The van der Waals surface area contributed by atoms with E-state index in [-0.39, 0.29) is 17.0 Å². The molecule has 5 aromatic rings. The fourth-order valence-electron chi connectivity index (χ4n) is 4.57. The van der Waals surface area contributed by atoms with Crippen molar-refractivity contribution in [3.63, 3.8) is 0 Å². The first-order valence-electron chi connectivity index (χ1n) is 12.7. The summed E-state index contributed by atoms with van der Waals surface area (Å²) in [5.41, 5.74) is 2.46. The van der Waals surface area contributed by atoms with Crippen molar-refractivity contribution in [2.24, 2.45) is 4.99 Å². The number of aromatic nitrogens is 3. The number of benzene rings is 2. The fourth-order valence-corrected chi connectivity index (χ4v) is 6.41. The number of fused-ring (bicyclic) bond motifs is 1. The summed E-state index contributed by atoms with van der Waals surface area (Å²) in [6.07, 6.45) is 1.66. The van der Waals surface area contributed by atoms with Crippen molar-refractivity contribution in [1.82, 2.24) is 14.5 Å². The van der Waals surface area contributed by atoms with Crippen molar-refractivity contribution in [3.05, 3.63) is 137 Å². The highest BCUT2D eigenvalue weighted by atomic mass is 32.2. The van der Waals surface area contributed by atoms with E-state index in [0.717, 1.165) is 5.56 Å². The van der Waals surface area contributed by atoms with E-state index in [1.165, 1.54) is 29.2 Å². The second kappa shape index (κ2) is 11.0. The maximum absolute atomic E-state index is 13.8. The average Bonchev–Trinajstić information content (AvgIpc) is 3.51. The van der Waals surface area contributed by atoms with Crippen LogP contribution in [0.5, 0.6) is 0 Å². The zero-order valence-corrected chi connectivity index (χ0v) is 23.6. The van der Waals surface area contributed by atoms with Crippen molar-refractivity contribution in [1.29, 1.82) is 0 Å². The summed E-state index contributed by atoms with van der Waals surface area (Å²) >= 11 is 2.41. The Hall–Kier alpha value is -4.74. The molecule has 1 aliphatic heterocycles. The minimum atomic E-state index is -0.662. The van der Waals surface area contributed by atoms with Gasteiger partial charge in [-0.15, -0.1) is 0 Å². The van der Waals surface area contributed by atoms with Gasteiger partial charge in [-0.25, -0.2) is 9.98 Å². The Kier molecular flexibility index (Phi) is 7.12. The average molecular weight is 582 g/mol. The quantitative estimate of drug-likeness (QED) is 0.292. The van der Waals surface area contributed by atoms with E-state index in [4.69, 9.17) is 4.42 Å². The number of rotatable bonds is 6. The number of aryl methyl sites for hydroxylation is 1. The molecule has 0 spiro atoms. The van der Waals surface area contributed by atoms with Crippen molar-refractivity contribution in [2.75, 3.05) is 5.32 Å². The first-order valence-corrected chi connectivity index (χ1v) is 14.3. The molecule has 2 N–H and O–H groups in total. The maximum atomic E-state index is 13.8. The molecule has 3 aromatic heterocycles. The molecule has 204 valence electrons. The Morgan fingerprint density at radius 1 is 1.05 bits per heavy atom. The number of allylic oxidation sites excluding steroid dienone is 1. The molecule has 2 aromatic carbocycles. The molecule has 6 rings (SSSR count). The molecule has 0 radical (unpaired) electrons. The van der Waals surface area contributed by atoms with Gasteiger partial charge in [-0.1, -0.05) is 59.9 Å². The van der Waals surface area contributed by atoms with Gasteiger partial charge in [-0.3, -0.25) is 19.0 Å². The maximum Gasteiger partial charge on any atom is 0.271 e. The number of amides is 1. The molecule has 0 saturated carbocycles. The molecular formula is C30H23N5O4S2. The first-order chi connectivity index (χ1) is 19.9. The zero-order valence-electron chi connectivity index (χ0n) is 22.0. The number of para-hydroxylation sites is 1. The number of H-pyrrole nitrogens is 1. The minimum Gasteiger partial charge on any atom is -0.450 e. The van der Waals surface area contributed by atoms with E-state index >= 15 is 0 Å².